The predicted molar refractivity (Wildman–Crippen MR) is 126 cm³/mol. The largest absolute Gasteiger partial charge is 0.350 e. The van der Waals surface area contributed by atoms with Crippen LogP contribution in [0.1, 0.15) is 10.5 Å². The number of rotatable bonds is 5. The number of hydrogen-bond acceptors (Lipinski definition) is 8. The Morgan fingerprint density at radius 2 is 1.85 bits per heavy atom. The molecular formula is C23H16N10O. The van der Waals surface area contributed by atoms with Gasteiger partial charge in [-0.05, 0) is 36.4 Å². The number of fused-ring (bicyclic) bond motifs is 2. The van der Waals surface area contributed by atoms with Crippen LogP contribution < -0.4 is 10.6 Å². The lowest BCUT2D eigenvalue weighted by Crippen LogP contribution is -2.14. The number of nitrogens with one attached hydrogen (secondary N) is 4. The molecule has 34 heavy (non-hydrogen) atoms. The van der Waals surface area contributed by atoms with Crippen molar-refractivity contribution < 1.29 is 4.79 Å². The van der Waals surface area contributed by atoms with E-state index in [1.54, 1.807) is 24.5 Å². The maximum Gasteiger partial charge on any atom is 0.274 e. The summed E-state index contributed by atoms with van der Waals surface area (Å²) in [5, 5.41) is 22.3. The maximum absolute atomic E-state index is 12.5. The van der Waals surface area contributed by atoms with Gasteiger partial charge in [0.2, 0.25) is 5.95 Å². The van der Waals surface area contributed by atoms with Gasteiger partial charge in [-0.3, -0.25) is 15.2 Å². The fourth-order valence-corrected chi connectivity index (χ4v) is 3.60. The Morgan fingerprint density at radius 3 is 2.76 bits per heavy atom. The van der Waals surface area contributed by atoms with E-state index in [1.165, 1.54) is 12.4 Å². The molecule has 0 saturated heterocycles. The molecule has 1 amide bonds. The van der Waals surface area contributed by atoms with Gasteiger partial charge in [-0.2, -0.15) is 10.2 Å². The maximum atomic E-state index is 12.5. The highest BCUT2D eigenvalue weighted by Crippen LogP contribution is 2.25. The molecule has 4 aromatic heterocycles. The standard InChI is InChI=1S/C23H16N10O/c34-22(31-23-25-7-8-26-33-23)19-10-13-1-2-14(11-18(13)29-19)21-24-6-5-20(30-21)28-16-3-4-17-15(9-16)12-27-32-17/h1-12,29H,(H,27,32)(H,24,28,30)(H,25,31,33,34). The van der Waals surface area contributed by atoms with Gasteiger partial charge in [0.1, 0.15) is 11.5 Å². The van der Waals surface area contributed by atoms with Crippen molar-refractivity contribution in [3.8, 4) is 11.4 Å². The average molecular weight is 448 g/mol. The summed E-state index contributed by atoms with van der Waals surface area (Å²) in [4.78, 5) is 28.7. The number of benzene rings is 2. The van der Waals surface area contributed by atoms with E-state index in [0.29, 0.717) is 17.3 Å². The van der Waals surface area contributed by atoms with E-state index in [9.17, 15) is 4.79 Å². The van der Waals surface area contributed by atoms with Gasteiger partial charge in [-0.1, -0.05) is 12.1 Å². The lowest BCUT2D eigenvalue weighted by atomic mass is 10.1. The Kier molecular flexibility index (Phi) is 4.62. The number of aromatic nitrogens is 8. The molecule has 164 valence electrons. The van der Waals surface area contributed by atoms with Crippen molar-refractivity contribution in [2.24, 2.45) is 0 Å². The second kappa shape index (κ2) is 8.06. The molecule has 2 aromatic carbocycles. The summed E-state index contributed by atoms with van der Waals surface area (Å²) in [7, 11) is 0. The Labute approximate surface area is 191 Å². The van der Waals surface area contributed by atoms with E-state index in [2.05, 4.69) is 51.0 Å². The van der Waals surface area contributed by atoms with Gasteiger partial charge < -0.3 is 10.3 Å². The number of anilines is 3. The lowest BCUT2D eigenvalue weighted by molar-refractivity contribution is 0.102. The molecule has 0 bridgehead atoms. The number of hydrogen-bond donors (Lipinski definition) is 4. The zero-order valence-electron chi connectivity index (χ0n) is 17.5. The number of amides is 1. The van der Waals surface area contributed by atoms with Gasteiger partial charge in [0, 0.05) is 33.7 Å². The monoisotopic (exact) mass is 448 g/mol. The molecule has 0 aliphatic carbocycles. The van der Waals surface area contributed by atoms with Crippen LogP contribution in [0.5, 0.6) is 0 Å². The van der Waals surface area contributed by atoms with Crippen LogP contribution in [0.3, 0.4) is 0 Å². The number of nitrogens with zero attached hydrogens (tertiary/aromatic N) is 6. The third kappa shape index (κ3) is 3.77. The summed E-state index contributed by atoms with van der Waals surface area (Å²) in [6.45, 7) is 0. The summed E-state index contributed by atoms with van der Waals surface area (Å²) in [6, 6.07) is 15.2. The first-order chi connectivity index (χ1) is 16.7. The molecule has 0 saturated carbocycles. The van der Waals surface area contributed by atoms with Gasteiger partial charge in [-0.15, -0.1) is 5.10 Å². The summed E-state index contributed by atoms with van der Waals surface area (Å²) in [6.07, 6.45) is 6.37. The van der Waals surface area contributed by atoms with Crippen LogP contribution in [0.2, 0.25) is 0 Å². The van der Waals surface area contributed by atoms with Crippen LogP contribution in [0, 0.1) is 0 Å². The quantitative estimate of drug-likeness (QED) is 0.312. The van der Waals surface area contributed by atoms with Crippen molar-refractivity contribution in [1.82, 2.24) is 40.3 Å². The molecule has 0 fully saturated rings. The lowest BCUT2D eigenvalue weighted by Gasteiger charge is -2.07. The highest BCUT2D eigenvalue weighted by molar-refractivity contribution is 6.05. The molecule has 11 nitrogen and oxygen atoms in total. The molecule has 6 rings (SSSR count). The minimum Gasteiger partial charge on any atom is -0.350 e. The minimum absolute atomic E-state index is 0.136. The van der Waals surface area contributed by atoms with Crippen molar-refractivity contribution >= 4 is 45.2 Å². The molecule has 0 spiro atoms. The van der Waals surface area contributed by atoms with Crippen molar-refractivity contribution in [2.75, 3.05) is 10.6 Å². The smallest absolute Gasteiger partial charge is 0.274 e. The van der Waals surface area contributed by atoms with Crippen LogP contribution in [0.4, 0.5) is 17.5 Å². The molecule has 0 atom stereocenters. The summed E-state index contributed by atoms with van der Waals surface area (Å²) in [5.41, 5.74) is 3.83. The van der Waals surface area contributed by atoms with Crippen LogP contribution in [-0.4, -0.2) is 46.2 Å². The Morgan fingerprint density at radius 1 is 0.882 bits per heavy atom. The van der Waals surface area contributed by atoms with Crippen molar-refractivity contribution in [3.63, 3.8) is 0 Å². The molecule has 0 aliphatic heterocycles. The Hall–Kier alpha value is -5.19. The van der Waals surface area contributed by atoms with Gasteiger partial charge in [-0.25, -0.2) is 15.0 Å². The van der Waals surface area contributed by atoms with E-state index in [0.717, 1.165) is 33.1 Å². The van der Waals surface area contributed by atoms with Crippen LogP contribution >= 0.6 is 0 Å². The number of carbonyl (C=O) groups excluding carboxylic acids is 1. The first-order valence-electron chi connectivity index (χ1n) is 10.3. The molecule has 0 radical (unpaired) electrons. The summed E-state index contributed by atoms with van der Waals surface area (Å²) in [5.74, 6) is 0.996. The Balaban J connectivity index is 1.25. The minimum atomic E-state index is -0.359. The SMILES string of the molecule is O=C(Nc1nccnn1)c1cc2ccc(-c3nccc(Nc4ccc5[nH]ncc5c4)n3)cc2[nH]1. The first-order valence-corrected chi connectivity index (χ1v) is 10.3. The van der Waals surface area contributed by atoms with Gasteiger partial charge >= 0.3 is 0 Å². The summed E-state index contributed by atoms with van der Waals surface area (Å²) >= 11 is 0. The fraction of sp³-hybridized carbons (Fsp3) is 0. The van der Waals surface area contributed by atoms with E-state index < -0.39 is 0 Å². The number of aromatic amines is 2. The second-order valence-corrected chi connectivity index (χ2v) is 7.47. The van der Waals surface area contributed by atoms with E-state index in [-0.39, 0.29) is 11.9 Å². The van der Waals surface area contributed by atoms with Crippen LogP contribution in [0.15, 0.2) is 73.3 Å². The fourth-order valence-electron chi connectivity index (χ4n) is 3.60. The predicted octanol–water partition coefficient (Wildman–Crippen LogP) is 3.68. The molecule has 6 aromatic rings. The zero-order valence-corrected chi connectivity index (χ0v) is 17.5. The normalized spacial score (nSPS) is 11.1. The molecule has 4 heterocycles. The van der Waals surface area contributed by atoms with Gasteiger partial charge in [0.05, 0.1) is 24.1 Å². The third-order valence-corrected chi connectivity index (χ3v) is 5.20. The highest BCUT2D eigenvalue weighted by atomic mass is 16.2. The van der Waals surface area contributed by atoms with Gasteiger partial charge in [0.25, 0.3) is 5.91 Å². The van der Waals surface area contributed by atoms with E-state index in [4.69, 9.17) is 0 Å². The molecular weight excluding hydrogens is 432 g/mol. The molecule has 4 N–H and O–H groups in total. The Bertz CT molecular complexity index is 1640. The van der Waals surface area contributed by atoms with E-state index in [1.807, 2.05) is 36.4 Å². The molecule has 0 unspecified atom stereocenters. The van der Waals surface area contributed by atoms with Crippen LogP contribution in [0.25, 0.3) is 33.2 Å². The van der Waals surface area contributed by atoms with Crippen molar-refractivity contribution in [1.29, 1.82) is 0 Å². The number of H-pyrrole nitrogens is 2. The van der Waals surface area contributed by atoms with Crippen LogP contribution in [-0.2, 0) is 0 Å². The number of carbonyl (C=O) groups is 1. The van der Waals surface area contributed by atoms with Crippen molar-refractivity contribution in [3.05, 3.63) is 79.0 Å². The van der Waals surface area contributed by atoms with Gasteiger partial charge in [0.15, 0.2) is 5.82 Å². The highest BCUT2D eigenvalue weighted by Gasteiger charge is 2.13. The van der Waals surface area contributed by atoms with Crippen molar-refractivity contribution in [2.45, 2.75) is 0 Å². The topological polar surface area (TPSA) is 150 Å². The molecule has 11 heteroatoms. The zero-order chi connectivity index (χ0) is 22.9. The summed E-state index contributed by atoms with van der Waals surface area (Å²) < 4.78 is 0. The average Bonchev–Trinajstić information content (AvgIpc) is 3.51. The second-order valence-electron chi connectivity index (χ2n) is 7.47. The third-order valence-electron chi connectivity index (χ3n) is 5.20. The first kappa shape index (κ1) is 19.5. The molecule has 0 aliphatic rings. The van der Waals surface area contributed by atoms with E-state index >= 15 is 0 Å².